The number of nitrogens with zero attached hydrogens (tertiary/aromatic N) is 4. The fraction of sp³-hybridized carbons (Fsp3) is 0.692. The monoisotopic (exact) mass is 312 g/mol. The van der Waals surface area contributed by atoms with Crippen molar-refractivity contribution in [2.45, 2.75) is 19.8 Å². The first-order chi connectivity index (χ1) is 10.2. The summed E-state index contributed by atoms with van der Waals surface area (Å²) in [4.78, 5) is 28.2. The Morgan fingerprint density at radius 2 is 2.00 bits per heavy atom. The summed E-state index contributed by atoms with van der Waals surface area (Å²) in [5.74, 6) is -0.175. The summed E-state index contributed by atoms with van der Waals surface area (Å²) in [6.07, 6.45) is 1.11. The van der Waals surface area contributed by atoms with Crippen molar-refractivity contribution in [1.82, 2.24) is 19.4 Å². The van der Waals surface area contributed by atoms with Gasteiger partial charge >= 0.3 is 5.97 Å². The Balaban J connectivity index is 1.83. The van der Waals surface area contributed by atoms with Crippen LogP contribution in [0.5, 0.6) is 0 Å². The predicted molar refractivity (Wildman–Crippen MR) is 78.3 cm³/mol. The Morgan fingerprint density at radius 1 is 1.29 bits per heavy atom. The molecule has 1 amide bonds. The normalized spacial score (nSPS) is 16.0. The minimum absolute atomic E-state index is 0.0227. The van der Waals surface area contributed by atoms with E-state index in [1.165, 1.54) is 18.6 Å². The van der Waals surface area contributed by atoms with Gasteiger partial charge in [-0.1, -0.05) is 11.4 Å². The van der Waals surface area contributed by atoms with Crippen LogP contribution < -0.4 is 0 Å². The van der Waals surface area contributed by atoms with Crippen LogP contribution in [0.4, 0.5) is 0 Å². The average Bonchev–Trinajstić information content (AvgIpc) is 3.00. The quantitative estimate of drug-likeness (QED) is 0.734. The van der Waals surface area contributed by atoms with Crippen molar-refractivity contribution >= 4 is 23.4 Å². The van der Waals surface area contributed by atoms with Gasteiger partial charge in [0.05, 0.1) is 19.2 Å². The van der Waals surface area contributed by atoms with E-state index in [1.807, 2.05) is 11.8 Å². The van der Waals surface area contributed by atoms with Gasteiger partial charge in [0.15, 0.2) is 0 Å². The molecular formula is C13H20N4O3S. The second-order valence-corrected chi connectivity index (χ2v) is 5.62. The van der Waals surface area contributed by atoms with E-state index in [4.69, 9.17) is 0 Å². The number of hydrogen-bond acceptors (Lipinski definition) is 7. The van der Waals surface area contributed by atoms with Gasteiger partial charge in [-0.2, -0.15) is 0 Å². The van der Waals surface area contributed by atoms with E-state index in [1.54, 1.807) is 0 Å². The largest absolute Gasteiger partial charge is 0.469 e. The molecule has 1 aliphatic heterocycles. The van der Waals surface area contributed by atoms with Crippen LogP contribution in [0.25, 0.3) is 0 Å². The molecule has 21 heavy (non-hydrogen) atoms. The molecule has 2 rings (SSSR count). The van der Waals surface area contributed by atoms with Crippen LogP contribution in [-0.2, 0) is 16.0 Å². The zero-order chi connectivity index (χ0) is 15.2. The average molecular weight is 312 g/mol. The molecule has 7 nitrogen and oxygen atoms in total. The van der Waals surface area contributed by atoms with Gasteiger partial charge in [-0.05, 0) is 18.0 Å². The highest BCUT2D eigenvalue weighted by molar-refractivity contribution is 7.08. The van der Waals surface area contributed by atoms with Gasteiger partial charge < -0.3 is 9.64 Å². The number of amides is 1. The molecule has 1 saturated heterocycles. The number of methoxy groups -OCH3 is 1. The van der Waals surface area contributed by atoms with Crippen LogP contribution in [0.15, 0.2) is 0 Å². The van der Waals surface area contributed by atoms with Gasteiger partial charge in [-0.15, -0.1) is 5.10 Å². The van der Waals surface area contributed by atoms with Crippen LogP contribution >= 0.6 is 11.5 Å². The summed E-state index contributed by atoms with van der Waals surface area (Å²) >= 11 is 1.17. The van der Waals surface area contributed by atoms with Crippen LogP contribution in [0, 0.1) is 0 Å². The fourth-order valence-corrected chi connectivity index (χ4v) is 2.99. The van der Waals surface area contributed by atoms with Crippen molar-refractivity contribution in [2.24, 2.45) is 0 Å². The molecule has 2 heterocycles. The summed E-state index contributed by atoms with van der Waals surface area (Å²) < 4.78 is 8.50. The third-order valence-corrected chi connectivity index (χ3v) is 4.36. The number of carbonyl (C=O) groups is 2. The third-order valence-electron chi connectivity index (χ3n) is 3.60. The van der Waals surface area contributed by atoms with Crippen LogP contribution in [0.3, 0.4) is 0 Å². The fourth-order valence-electron chi connectivity index (χ4n) is 2.27. The number of aromatic nitrogens is 2. The zero-order valence-electron chi connectivity index (χ0n) is 12.4. The first-order valence-corrected chi connectivity index (χ1v) is 7.82. The van der Waals surface area contributed by atoms with E-state index >= 15 is 0 Å². The zero-order valence-corrected chi connectivity index (χ0v) is 13.2. The molecule has 0 aromatic carbocycles. The molecule has 0 spiro atoms. The lowest BCUT2D eigenvalue weighted by Gasteiger charge is -2.34. The molecule has 1 aromatic heterocycles. The summed E-state index contributed by atoms with van der Waals surface area (Å²) in [5, 5.41) is 3.98. The Labute approximate surface area is 128 Å². The molecule has 1 aliphatic rings. The maximum absolute atomic E-state index is 12.4. The maximum atomic E-state index is 12.4. The van der Waals surface area contributed by atoms with Gasteiger partial charge in [0.25, 0.3) is 5.91 Å². The van der Waals surface area contributed by atoms with Gasteiger partial charge in [0, 0.05) is 32.7 Å². The first kappa shape index (κ1) is 15.8. The van der Waals surface area contributed by atoms with Crippen LogP contribution in [0.2, 0.25) is 0 Å². The van der Waals surface area contributed by atoms with Crippen molar-refractivity contribution in [3.63, 3.8) is 0 Å². The summed E-state index contributed by atoms with van der Waals surface area (Å²) in [6.45, 7) is 5.53. The highest BCUT2D eigenvalue weighted by Crippen LogP contribution is 2.15. The molecule has 0 bridgehead atoms. The van der Waals surface area contributed by atoms with Crippen molar-refractivity contribution < 1.29 is 14.3 Å². The second kappa shape index (κ2) is 7.46. The van der Waals surface area contributed by atoms with E-state index in [9.17, 15) is 9.59 Å². The molecule has 1 aromatic rings. The summed E-state index contributed by atoms with van der Waals surface area (Å²) in [6, 6.07) is 0. The molecule has 0 aliphatic carbocycles. The van der Waals surface area contributed by atoms with E-state index < -0.39 is 0 Å². The summed E-state index contributed by atoms with van der Waals surface area (Å²) in [7, 11) is 1.40. The van der Waals surface area contributed by atoms with E-state index in [0.717, 1.165) is 25.2 Å². The Morgan fingerprint density at radius 3 is 2.62 bits per heavy atom. The number of ether oxygens (including phenoxy) is 1. The number of rotatable bonds is 5. The first-order valence-electron chi connectivity index (χ1n) is 7.05. The predicted octanol–water partition coefficient (Wildman–Crippen LogP) is 0.421. The summed E-state index contributed by atoms with van der Waals surface area (Å²) in [5.41, 5.74) is 0.776. The van der Waals surface area contributed by atoms with Crippen LogP contribution in [0.1, 0.15) is 28.7 Å². The second-order valence-electron chi connectivity index (χ2n) is 4.86. The third kappa shape index (κ3) is 3.98. The molecule has 0 N–H and O–H groups in total. The lowest BCUT2D eigenvalue weighted by Crippen LogP contribution is -2.49. The lowest BCUT2D eigenvalue weighted by molar-refractivity contribution is -0.141. The van der Waals surface area contributed by atoms with Crippen molar-refractivity contribution in [3.05, 3.63) is 10.6 Å². The minimum atomic E-state index is -0.197. The standard InChI is InChI=1S/C13H20N4O3S/c1-3-10-12(21-15-14-10)13(19)17-8-6-16(7-9-17)5-4-11(18)20-2/h3-9H2,1-2H3. The number of carbonyl (C=O) groups excluding carboxylic acids is 2. The van der Waals surface area contributed by atoms with Gasteiger partial charge in [0.2, 0.25) is 0 Å². The smallest absolute Gasteiger partial charge is 0.306 e. The lowest BCUT2D eigenvalue weighted by atomic mass is 10.2. The molecule has 8 heteroatoms. The minimum Gasteiger partial charge on any atom is -0.469 e. The van der Waals surface area contributed by atoms with Gasteiger partial charge in [-0.25, -0.2) is 0 Å². The molecule has 0 saturated carbocycles. The van der Waals surface area contributed by atoms with Gasteiger partial charge in [0.1, 0.15) is 4.88 Å². The molecular weight excluding hydrogens is 292 g/mol. The van der Waals surface area contributed by atoms with E-state index in [2.05, 4.69) is 19.2 Å². The van der Waals surface area contributed by atoms with Gasteiger partial charge in [-0.3, -0.25) is 14.5 Å². The van der Waals surface area contributed by atoms with E-state index in [-0.39, 0.29) is 11.9 Å². The molecule has 0 atom stereocenters. The molecule has 116 valence electrons. The SMILES string of the molecule is CCc1nnsc1C(=O)N1CCN(CCC(=O)OC)CC1. The van der Waals surface area contributed by atoms with Crippen molar-refractivity contribution in [1.29, 1.82) is 0 Å². The van der Waals surface area contributed by atoms with Crippen molar-refractivity contribution in [3.8, 4) is 0 Å². The Kier molecular flexibility index (Phi) is 5.63. The molecule has 0 radical (unpaired) electrons. The number of aryl methyl sites for hydroxylation is 1. The van der Waals surface area contributed by atoms with Crippen LogP contribution in [-0.4, -0.2) is 71.1 Å². The topological polar surface area (TPSA) is 75.6 Å². The highest BCUT2D eigenvalue weighted by Gasteiger charge is 2.25. The number of hydrogen-bond donors (Lipinski definition) is 0. The molecule has 1 fully saturated rings. The Hall–Kier alpha value is -1.54. The Bertz CT molecular complexity index is 497. The van der Waals surface area contributed by atoms with Crippen molar-refractivity contribution in [2.75, 3.05) is 39.8 Å². The number of esters is 1. The number of piperazine rings is 1. The maximum Gasteiger partial charge on any atom is 0.306 e. The highest BCUT2D eigenvalue weighted by atomic mass is 32.1. The van der Waals surface area contributed by atoms with E-state index in [0.29, 0.717) is 30.9 Å². The molecule has 0 unspecified atom stereocenters.